The molecule has 1 aliphatic heterocycles. The maximum atomic E-state index is 5.78. The van der Waals surface area contributed by atoms with Gasteiger partial charge >= 0.3 is 0 Å². The highest BCUT2D eigenvalue weighted by molar-refractivity contribution is 14.0. The molecule has 1 saturated heterocycles. The standard InChI is InChI=1S/C20H33N3O2.HI/c1-16-11-17(2)15-23(14-16)20(21-3)22-13-18-7-5-8-19(12-18)25-10-6-9-24-4;/h5,7-8,12,16-17H,6,9-11,13-15H2,1-4H3,(H,21,22);1H. The zero-order valence-corrected chi connectivity index (χ0v) is 18.9. The third-order valence-corrected chi connectivity index (χ3v) is 4.49. The molecule has 26 heavy (non-hydrogen) atoms. The molecule has 0 saturated carbocycles. The third kappa shape index (κ3) is 7.70. The second-order valence-electron chi connectivity index (χ2n) is 7.09. The van der Waals surface area contributed by atoms with E-state index in [-0.39, 0.29) is 24.0 Å². The molecular weight excluding hydrogens is 441 g/mol. The molecule has 0 bridgehead atoms. The van der Waals surface area contributed by atoms with Crippen LogP contribution in [-0.2, 0) is 11.3 Å². The van der Waals surface area contributed by atoms with Crippen molar-refractivity contribution in [2.75, 3.05) is 40.5 Å². The first kappa shape index (κ1) is 23.0. The first-order chi connectivity index (χ1) is 12.1. The van der Waals surface area contributed by atoms with Crippen LogP contribution < -0.4 is 10.1 Å². The molecule has 5 nitrogen and oxygen atoms in total. The number of hydrogen-bond acceptors (Lipinski definition) is 3. The lowest BCUT2D eigenvalue weighted by atomic mass is 9.92. The van der Waals surface area contributed by atoms with Crippen molar-refractivity contribution < 1.29 is 9.47 Å². The summed E-state index contributed by atoms with van der Waals surface area (Å²) in [5, 5.41) is 3.50. The molecule has 1 heterocycles. The molecule has 1 aliphatic rings. The molecule has 1 N–H and O–H groups in total. The number of nitrogens with zero attached hydrogens (tertiary/aromatic N) is 2. The van der Waals surface area contributed by atoms with Gasteiger partial charge in [-0.2, -0.15) is 0 Å². The van der Waals surface area contributed by atoms with Crippen LogP contribution in [0.5, 0.6) is 5.75 Å². The Hall–Kier alpha value is -1.02. The van der Waals surface area contributed by atoms with Crippen LogP contribution in [0.15, 0.2) is 29.3 Å². The number of guanidine groups is 1. The van der Waals surface area contributed by atoms with Crippen molar-refractivity contribution in [3.05, 3.63) is 29.8 Å². The lowest BCUT2D eigenvalue weighted by molar-refractivity contribution is 0.172. The van der Waals surface area contributed by atoms with Gasteiger partial charge in [-0.1, -0.05) is 26.0 Å². The zero-order chi connectivity index (χ0) is 18.1. The van der Waals surface area contributed by atoms with Crippen LogP contribution in [0.1, 0.15) is 32.3 Å². The van der Waals surface area contributed by atoms with E-state index in [1.807, 2.05) is 19.2 Å². The third-order valence-electron chi connectivity index (χ3n) is 4.49. The van der Waals surface area contributed by atoms with Crippen molar-refractivity contribution in [3.8, 4) is 5.75 Å². The van der Waals surface area contributed by atoms with Crippen molar-refractivity contribution in [1.82, 2.24) is 10.2 Å². The maximum absolute atomic E-state index is 5.78. The lowest BCUT2D eigenvalue weighted by Crippen LogP contribution is -2.48. The molecule has 1 aromatic carbocycles. The fourth-order valence-corrected chi connectivity index (χ4v) is 3.49. The monoisotopic (exact) mass is 475 g/mol. The van der Waals surface area contributed by atoms with E-state index in [2.05, 4.69) is 41.2 Å². The fourth-order valence-electron chi connectivity index (χ4n) is 3.49. The smallest absolute Gasteiger partial charge is 0.193 e. The molecule has 0 amide bonds. The molecule has 1 fully saturated rings. The number of methoxy groups -OCH3 is 1. The molecule has 148 valence electrons. The fraction of sp³-hybridized carbons (Fsp3) is 0.650. The van der Waals surface area contributed by atoms with Crippen LogP contribution in [0.3, 0.4) is 0 Å². The lowest BCUT2D eigenvalue weighted by Gasteiger charge is -2.37. The minimum atomic E-state index is 0. The molecule has 0 aliphatic carbocycles. The van der Waals surface area contributed by atoms with E-state index < -0.39 is 0 Å². The molecule has 2 atom stereocenters. The molecule has 2 unspecified atom stereocenters. The van der Waals surface area contributed by atoms with E-state index in [1.165, 1.54) is 12.0 Å². The number of rotatable bonds is 7. The first-order valence-electron chi connectivity index (χ1n) is 9.28. The van der Waals surface area contributed by atoms with E-state index in [0.29, 0.717) is 18.4 Å². The second kappa shape index (κ2) is 12.4. The summed E-state index contributed by atoms with van der Waals surface area (Å²) in [6.07, 6.45) is 2.20. The highest BCUT2D eigenvalue weighted by Crippen LogP contribution is 2.21. The summed E-state index contributed by atoms with van der Waals surface area (Å²) in [6, 6.07) is 8.24. The van der Waals surface area contributed by atoms with Gasteiger partial charge in [-0.05, 0) is 36.0 Å². The second-order valence-corrected chi connectivity index (χ2v) is 7.09. The molecular formula is C20H34IN3O2. The Morgan fingerprint density at radius 3 is 2.62 bits per heavy atom. The summed E-state index contributed by atoms with van der Waals surface area (Å²) in [4.78, 5) is 6.85. The minimum absolute atomic E-state index is 0. The van der Waals surface area contributed by atoms with Gasteiger partial charge in [0.15, 0.2) is 5.96 Å². The molecule has 0 radical (unpaired) electrons. The van der Waals surface area contributed by atoms with E-state index >= 15 is 0 Å². The van der Waals surface area contributed by atoms with E-state index in [9.17, 15) is 0 Å². The number of benzene rings is 1. The van der Waals surface area contributed by atoms with Crippen LogP contribution in [0.4, 0.5) is 0 Å². The number of halogens is 1. The predicted molar refractivity (Wildman–Crippen MR) is 119 cm³/mol. The zero-order valence-electron chi connectivity index (χ0n) is 16.5. The van der Waals surface area contributed by atoms with Gasteiger partial charge in [0.05, 0.1) is 6.61 Å². The molecule has 0 spiro atoms. The highest BCUT2D eigenvalue weighted by Gasteiger charge is 2.23. The number of aliphatic imine (C=N–C) groups is 1. The van der Waals surface area contributed by atoms with Gasteiger partial charge in [0, 0.05) is 46.8 Å². The Kier molecular flexibility index (Phi) is 11.0. The Morgan fingerprint density at radius 2 is 1.96 bits per heavy atom. The molecule has 6 heteroatoms. The summed E-state index contributed by atoms with van der Waals surface area (Å²) in [6.45, 7) is 8.95. The van der Waals surface area contributed by atoms with Gasteiger partial charge in [0.1, 0.15) is 5.75 Å². The average Bonchev–Trinajstić information content (AvgIpc) is 2.59. The quantitative estimate of drug-likeness (QED) is 0.282. The van der Waals surface area contributed by atoms with Gasteiger partial charge in [-0.3, -0.25) is 4.99 Å². The first-order valence-corrected chi connectivity index (χ1v) is 9.28. The summed E-state index contributed by atoms with van der Waals surface area (Å²) in [5.74, 6) is 3.33. The van der Waals surface area contributed by atoms with Crippen molar-refractivity contribution >= 4 is 29.9 Å². The number of likely N-dealkylation sites (tertiary alicyclic amines) is 1. The molecule has 1 aromatic rings. The van der Waals surface area contributed by atoms with Crippen LogP contribution in [0, 0.1) is 11.8 Å². The maximum Gasteiger partial charge on any atom is 0.193 e. The molecule has 0 aromatic heterocycles. The minimum Gasteiger partial charge on any atom is -0.493 e. The van der Waals surface area contributed by atoms with Crippen molar-refractivity contribution in [3.63, 3.8) is 0 Å². The van der Waals surface area contributed by atoms with Crippen molar-refractivity contribution in [2.24, 2.45) is 16.8 Å². The largest absolute Gasteiger partial charge is 0.493 e. The topological polar surface area (TPSA) is 46.1 Å². The number of piperidine rings is 1. The predicted octanol–water partition coefficient (Wildman–Crippen LogP) is 3.77. The summed E-state index contributed by atoms with van der Waals surface area (Å²) >= 11 is 0. The molecule has 2 rings (SSSR count). The summed E-state index contributed by atoms with van der Waals surface area (Å²) < 4.78 is 10.8. The Labute approximate surface area is 175 Å². The Bertz CT molecular complexity index is 544. The van der Waals surface area contributed by atoms with Crippen LogP contribution in [0.2, 0.25) is 0 Å². The van der Waals surface area contributed by atoms with E-state index in [0.717, 1.165) is 44.4 Å². The van der Waals surface area contributed by atoms with E-state index in [1.54, 1.807) is 7.11 Å². The van der Waals surface area contributed by atoms with Crippen molar-refractivity contribution in [2.45, 2.75) is 33.2 Å². The summed E-state index contributed by atoms with van der Waals surface area (Å²) in [5.41, 5.74) is 1.20. The Balaban J connectivity index is 0.00000338. The van der Waals surface area contributed by atoms with Crippen molar-refractivity contribution in [1.29, 1.82) is 0 Å². The average molecular weight is 475 g/mol. The van der Waals surface area contributed by atoms with E-state index in [4.69, 9.17) is 9.47 Å². The normalized spacial score (nSPS) is 20.5. The van der Waals surface area contributed by atoms with Gasteiger partial charge in [-0.25, -0.2) is 0 Å². The van der Waals surface area contributed by atoms with Crippen LogP contribution in [-0.4, -0.2) is 51.3 Å². The van der Waals surface area contributed by atoms with Crippen LogP contribution in [0.25, 0.3) is 0 Å². The number of nitrogens with one attached hydrogen (secondary N) is 1. The number of hydrogen-bond donors (Lipinski definition) is 1. The van der Waals surface area contributed by atoms with Gasteiger partial charge < -0.3 is 19.7 Å². The van der Waals surface area contributed by atoms with Gasteiger partial charge in [0.2, 0.25) is 0 Å². The van der Waals surface area contributed by atoms with Crippen LogP contribution >= 0.6 is 24.0 Å². The SMILES string of the molecule is CN=C(NCc1cccc(OCCCOC)c1)N1CC(C)CC(C)C1.I. The van der Waals surface area contributed by atoms with Gasteiger partial charge in [0.25, 0.3) is 0 Å². The summed E-state index contributed by atoms with van der Waals surface area (Å²) in [7, 11) is 3.57. The Morgan fingerprint density at radius 1 is 1.23 bits per heavy atom. The highest BCUT2D eigenvalue weighted by atomic mass is 127. The van der Waals surface area contributed by atoms with Gasteiger partial charge in [-0.15, -0.1) is 24.0 Å². The number of ether oxygens (including phenoxy) is 2.